The Balaban J connectivity index is 1.44. The molecule has 0 atom stereocenters. The number of halogens is 3. The van der Waals surface area contributed by atoms with Crippen LogP contribution in [-0.2, 0) is 22.2 Å². The lowest BCUT2D eigenvalue weighted by molar-refractivity contribution is -0.138. The van der Waals surface area contributed by atoms with Crippen molar-refractivity contribution in [3.05, 3.63) is 107 Å². The van der Waals surface area contributed by atoms with E-state index in [1.807, 2.05) is 36.4 Å². The van der Waals surface area contributed by atoms with Crippen LogP contribution in [0.15, 0.2) is 84.9 Å². The molecule has 0 aliphatic rings. The van der Waals surface area contributed by atoms with Crippen molar-refractivity contribution >= 4 is 17.8 Å². The molecule has 0 radical (unpaired) electrons. The molecule has 3 aromatic carbocycles. The Morgan fingerprint density at radius 3 is 1.75 bits per heavy atom. The highest BCUT2D eigenvalue weighted by Crippen LogP contribution is 2.32. The Hall–Kier alpha value is -4.26. The van der Waals surface area contributed by atoms with E-state index in [9.17, 15) is 13.2 Å². The molecular weight excluding hydrogens is 571 g/mol. The number of hydrogen-bond acceptors (Lipinski definition) is 9. The molecule has 44 heavy (non-hydrogen) atoms. The molecule has 0 saturated carbocycles. The van der Waals surface area contributed by atoms with Gasteiger partial charge in [0.2, 0.25) is 17.8 Å². The molecule has 4 aromatic rings. The van der Waals surface area contributed by atoms with E-state index in [2.05, 4.69) is 55.2 Å². The van der Waals surface area contributed by atoms with Crippen LogP contribution in [0.2, 0.25) is 0 Å². The van der Waals surface area contributed by atoms with Crippen LogP contribution < -0.4 is 21.7 Å². The Labute approximate surface area is 255 Å². The number of hydrogen-bond donors (Lipinski definition) is 4. The van der Waals surface area contributed by atoms with Gasteiger partial charge in [-0.05, 0) is 29.2 Å². The average molecular weight is 610 g/mol. The molecule has 9 nitrogen and oxygen atoms in total. The maximum atomic E-state index is 13.5. The van der Waals surface area contributed by atoms with Crippen LogP contribution in [0.1, 0.15) is 34.6 Å². The van der Waals surface area contributed by atoms with Gasteiger partial charge in [0.1, 0.15) is 0 Å². The van der Waals surface area contributed by atoms with Crippen LogP contribution >= 0.6 is 0 Å². The van der Waals surface area contributed by atoms with E-state index < -0.39 is 11.7 Å². The molecule has 4 rings (SSSR count). The van der Waals surface area contributed by atoms with Gasteiger partial charge >= 0.3 is 6.18 Å². The second kappa shape index (κ2) is 17.1. The van der Waals surface area contributed by atoms with Crippen molar-refractivity contribution in [2.45, 2.75) is 25.1 Å². The normalized spacial score (nSPS) is 11.5. The third-order valence-corrected chi connectivity index (χ3v) is 6.68. The average Bonchev–Trinajstić information content (AvgIpc) is 3.04. The number of nitrogens with one attached hydrogen (secondary N) is 3. The van der Waals surface area contributed by atoms with Gasteiger partial charge in [0.15, 0.2) is 0 Å². The SMILES string of the molecule is NCCOCCOCCNc1nc(NCCC(c2ccccc2)c2ccccc2)nc(NCc2ccccc2C(F)(F)F)n1. The van der Waals surface area contributed by atoms with Crippen molar-refractivity contribution in [2.75, 3.05) is 62.0 Å². The summed E-state index contributed by atoms with van der Waals surface area (Å²) in [6, 6.07) is 25.9. The van der Waals surface area contributed by atoms with Crippen LogP contribution in [-0.4, -0.2) is 61.0 Å². The van der Waals surface area contributed by atoms with Crippen LogP contribution in [0.3, 0.4) is 0 Å². The maximum absolute atomic E-state index is 13.5. The molecule has 0 saturated heterocycles. The van der Waals surface area contributed by atoms with E-state index in [0.717, 1.165) is 12.5 Å². The number of aromatic nitrogens is 3. The van der Waals surface area contributed by atoms with Gasteiger partial charge in [-0.25, -0.2) is 0 Å². The summed E-state index contributed by atoms with van der Waals surface area (Å²) in [6.45, 7) is 2.99. The molecule has 0 unspecified atom stereocenters. The number of benzene rings is 3. The standard InChI is InChI=1S/C32H38F3N7O2/c33-32(34,35)28-14-8-7-13-26(28)23-39-31-41-29(40-30(42-31)38-18-20-44-22-21-43-19-16-36)37-17-15-27(24-9-3-1-4-10-24)25-11-5-2-6-12-25/h1-14,27H,15-23,36H2,(H3,37,38,39,40,41,42). The van der Waals surface area contributed by atoms with E-state index in [4.69, 9.17) is 15.2 Å². The molecule has 1 aromatic heterocycles. The number of alkyl halides is 3. The lowest BCUT2D eigenvalue weighted by atomic mass is 9.88. The summed E-state index contributed by atoms with van der Waals surface area (Å²) < 4.78 is 51.4. The highest BCUT2D eigenvalue weighted by Gasteiger charge is 2.32. The van der Waals surface area contributed by atoms with E-state index >= 15 is 0 Å². The monoisotopic (exact) mass is 609 g/mol. The molecule has 0 aliphatic carbocycles. The second-order valence-corrected chi connectivity index (χ2v) is 9.84. The zero-order valence-corrected chi connectivity index (χ0v) is 24.4. The summed E-state index contributed by atoms with van der Waals surface area (Å²) >= 11 is 0. The van der Waals surface area contributed by atoms with Gasteiger partial charge in [-0.1, -0.05) is 78.9 Å². The lowest BCUT2D eigenvalue weighted by Crippen LogP contribution is -2.18. The predicted octanol–water partition coefficient (Wildman–Crippen LogP) is 5.54. The summed E-state index contributed by atoms with van der Waals surface area (Å²) in [5.41, 5.74) is 7.17. The summed E-state index contributed by atoms with van der Waals surface area (Å²) in [5.74, 6) is 0.845. The fraction of sp³-hybridized carbons (Fsp3) is 0.344. The van der Waals surface area contributed by atoms with E-state index in [1.54, 1.807) is 6.07 Å². The van der Waals surface area contributed by atoms with Gasteiger partial charge < -0.3 is 31.2 Å². The summed E-state index contributed by atoms with van der Waals surface area (Å²) in [7, 11) is 0. The van der Waals surface area contributed by atoms with Crippen molar-refractivity contribution in [3.8, 4) is 0 Å². The number of rotatable bonds is 18. The Morgan fingerprint density at radius 1 is 0.636 bits per heavy atom. The minimum absolute atomic E-state index is 0.0863. The van der Waals surface area contributed by atoms with Crippen molar-refractivity contribution in [1.29, 1.82) is 0 Å². The van der Waals surface area contributed by atoms with Gasteiger partial charge in [0.25, 0.3) is 0 Å². The zero-order chi connectivity index (χ0) is 31.0. The first-order valence-corrected chi connectivity index (χ1v) is 14.5. The van der Waals surface area contributed by atoms with E-state index in [-0.39, 0.29) is 29.9 Å². The van der Waals surface area contributed by atoms with E-state index in [0.29, 0.717) is 52.0 Å². The quantitative estimate of drug-likeness (QED) is 0.108. The molecule has 5 N–H and O–H groups in total. The topological polar surface area (TPSA) is 119 Å². The van der Waals surface area contributed by atoms with Gasteiger partial charge in [0.05, 0.1) is 32.0 Å². The largest absolute Gasteiger partial charge is 0.416 e. The summed E-state index contributed by atoms with van der Waals surface area (Å²) in [5, 5.41) is 9.32. The van der Waals surface area contributed by atoms with Crippen molar-refractivity contribution in [1.82, 2.24) is 15.0 Å². The highest BCUT2D eigenvalue weighted by atomic mass is 19.4. The van der Waals surface area contributed by atoms with Gasteiger partial charge in [-0.3, -0.25) is 0 Å². The van der Waals surface area contributed by atoms with Crippen LogP contribution in [0.4, 0.5) is 31.0 Å². The van der Waals surface area contributed by atoms with Gasteiger partial charge in [-0.2, -0.15) is 28.1 Å². The first-order valence-electron chi connectivity index (χ1n) is 14.5. The van der Waals surface area contributed by atoms with Crippen LogP contribution in [0.5, 0.6) is 0 Å². The molecule has 234 valence electrons. The number of ether oxygens (including phenoxy) is 2. The molecule has 12 heteroatoms. The van der Waals surface area contributed by atoms with Crippen molar-refractivity contribution < 1.29 is 22.6 Å². The Kier molecular flexibility index (Phi) is 12.7. The smallest absolute Gasteiger partial charge is 0.378 e. The van der Waals surface area contributed by atoms with Crippen LogP contribution in [0.25, 0.3) is 0 Å². The molecule has 0 spiro atoms. The van der Waals surface area contributed by atoms with Crippen LogP contribution in [0, 0.1) is 0 Å². The Bertz CT molecular complexity index is 1360. The minimum atomic E-state index is -4.47. The molecule has 0 bridgehead atoms. The molecular formula is C32H38F3N7O2. The first kappa shape index (κ1) is 32.6. The summed E-state index contributed by atoms with van der Waals surface area (Å²) in [4.78, 5) is 13.3. The van der Waals surface area contributed by atoms with Gasteiger partial charge in [0, 0.05) is 32.1 Å². The number of anilines is 3. The molecule has 0 amide bonds. The number of nitrogens with two attached hydrogens (primary N) is 1. The Morgan fingerprint density at radius 2 is 1.16 bits per heavy atom. The fourth-order valence-corrected chi connectivity index (χ4v) is 4.60. The third kappa shape index (κ3) is 10.5. The van der Waals surface area contributed by atoms with Crippen molar-refractivity contribution in [2.24, 2.45) is 5.73 Å². The molecule has 0 aliphatic heterocycles. The van der Waals surface area contributed by atoms with Crippen molar-refractivity contribution in [3.63, 3.8) is 0 Å². The first-order chi connectivity index (χ1) is 21.4. The maximum Gasteiger partial charge on any atom is 0.416 e. The van der Waals surface area contributed by atoms with Gasteiger partial charge in [-0.15, -0.1) is 0 Å². The fourth-order valence-electron chi connectivity index (χ4n) is 4.60. The molecule has 1 heterocycles. The third-order valence-electron chi connectivity index (χ3n) is 6.68. The number of nitrogens with zero attached hydrogens (tertiary/aromatic N) is 3. The zero-order valence-electron chi connectivity index (χ0n) is 24.4. The minimum Gasteiger partial charge on any atom is -0.378 e. The lowest BCUT2D eigenvalue weighted by Gasteiger charge is -2.19. The molecule has 0 fully saturated rings. The second-order valence-electron chi connectivity index (χ2n) is 9.84. The predicted molar refractivity (Wildman–Crippen MR) is 166 cm³/mol. The highest BCUT2D eigenvalue weighted by molar-refractivity contribution is 5.43. The summed E-state index contributed by atoms with van der Waals surface area (Å²) in [6.07, 6.45) is -3.72. The van der Waals surface area contributed by atoms with E-state index in [1.165, 1.54) is 23.3 Å².